The van der Waals surface area contributed by atoms with Crippen LogP contribution in [-0.4, -0.2) is 11.5 Å². The minimum absolute atomic E-state index is 0.0894. The van der Waals surface area contributed by atoms with Gasteiger partial charge in [-0.15, -0.1) is 0 Å². The molecule has 0 aromatic heterocycles. The molecule has 0 fully saturated rings. The number of phosphoric acid groups is 1. The van der Waals surface area contributed by atoms with Crippen molar-refractivity contribution in [3.05, 3.63) is 0 Å². The predicted molar refractivity (Wildman–Crippen MR) is 28.2 cm³/mol. The summed E-state index contributed by atoms with van der Waals surface area (Å²) in [7, 11) is -4.52. The van der Waals surface area contributed by atoms with Gasteiger partial charge in [0.05, 0.1) is 19.1 Å². The molecule has 7 heteroatoms. The summed E-state index contributed by atoms with van der Waals surface area (Å²) in [6.07, 6.45) is -0.0894. The summed E-state index contributed by atoms with van der Waals surface area (Å²) in [5, 5.41) is 7.90. The quantitative estimate of drug-likeness (QED) is 0.499. The molecule has 0 saturated heterocycles. The number of rotatable bonds is 4. The number of nitriles is 1. The minimum atomic E-state index is -4.52. The van der Waals surface area contributed by atoms with Gasteiger partial charge < -0.3 is 4.89 Å². The third-order valence-electron chi connectivity index (χ3n) is 0.556. The first-order chi connectivity index (χ1) is 4.62. The highest BCUT2D eigenvalue weighted by molar-refractivity contribution is 7.47. The Morgan fingerprint density at radius 3 is 2.80 bits per heavy atom. The fourth-order valence-electron chi connectivity index (χ4n) is 0.227. The SMILES string of the molecule is N#CCCOP(=O)(O)OF. The molecule has 0 aliphatic heterocycles. The Hall–Kier alpha value is -0.470. The lowest BCUT2D eigenvalue weighted by atomic mass is 10.5. The second kappa shape index (κ2) is 4.36. The third-order valence-corrected chi connectivity index (χ3v) is 1.24. The molecule has 10 heavy (non-hydrogen) atoms. The Morgan fingerprint density at radius 2 is 2.40 bits per heavy atom. The fraction of sp³-hybridized carbons (Fsp3) is 0.667. The van der Waals surface area contributed by atoms with Crippen LogP contribution in [0.4, 0.5) is 4.53 Å². The Morgan fingerprint density at radius 1 is 1.80 bits per heavy atom. The largest absolute Gasteiger partial charge is 0.503 e. The maximum absolute atomic E-state index is 11.0. The number of hydrogen-bond donors (Lipinski definition) is 1. The molecule has 0 saturated carbocycles. The van der Waals surface area contributed by atoms with E-state index in [-0.39, 0.29) is 13.0 Å². The standard InChI is InChI=1S/C3H5FNO4P/c4-9-10(6,7)8-3-1-2-5/h1,3H2,(H,6,7). The predicted octanol–water partition coefficient (Wildman–Crippen LogP) is 0.918. The summed E-state index contributed by atoms with van der Waals surface area (Å²) in [4.78, 5) is 8.18. The van der Waals surface area contributed by atoms with Crippen LogP contribution in [0.3, 0.4) is 0 Å². The van der Waals surface area contributed by atoms with Crippen molar-refractivity contribution in [2.45, 2.75) is 6.42 Å². The van der Waals surface area contributed by atoms with Crippen molar-refractivity contribution >= 4 is 7.82 Å². The van der Waals surface area contributed by atoms with Crippen LogP contribution in [0, 0.1) is 11.3 Å². The van der Waals surface area contributed by atoms with E-state index in [9.17, 15) is 9.09 Å². The zero-order valence-electron chi connectivity index (χ0n) is 4.86. The molecule has 0 aromatic rings. The van der Waals surface area contributed by atoms with E-state index in [2.05, 4.69) is 9.25 Å². The van der Waals surface area contributed by atoms with Crippen molar-refractivity contribution in [2.24, 2.45) is 0 Å². The van der Waals surface area contributed by atoms with Crippen molar-refractivity contribution in [2.75, 3.05) is 6.61 Å². The van der Waals surface area contributed by atoms with E-state index in [4.69, 9.17) is 10.2 Å². The monoisotopic (exact) mass is 169 g/mol. The molecule has 0 aliphatic rings. The second-order valence-corrected chi connectivity index (χ2v) is 2.61. The molecule has 0 aliphatic carbocycles. The summed E-state index contributed by atoms with van der Waals surface area (Å²) in [5.41, 5.74) is 0. The minimum Gasteiger partial charge on any atom is -0.301 e. The van der Waals surface area contributed by atoms with E-state index in [1.165, 1.54) is 0 Å². The highest BCUT2D eigenvalue weighted by Crippen LogP contribution is 2.43. The van der Waals surface area contributed by atoms with Crippen molar-refractivity contribution in [3.63, 3.8) is 0 Å². The molecule has 5 nitrogen and oxygen atoms in total. The molecule has 58 valence electrons. The molecule has 0 spiro atoms. The Balaban J connectivity index is 3.50. The average molecular weight is 169 g/mol. The zero-order chi connectivity index (χ0) is 8.04. The van der Waals surface area contributed by atoms with Crippen LogP contribution >= 0.6 is 7.82 Å². The number of nitrogens with zero attached hydrogens (tertiary/aromatic N) is 1. The summed E-state index contributed by atoms with van der Waals surface area (Å²) in [6.45, 7) is -0.325. The van der Waals surface area contributed by atoms with Crippen molar-refractivity contribution < 1.29 is 23.2 Å². The van der Waals surface area contributed by atoms with E-state index in [0.29, 0.717) is 0 Å². The lowest BCUT2D eigenvalue weighted by Crippen LogP contribution is -1.91. The highest BCUT2D eigenvalue weighted by Gasteiger charge is 2.20. The molecule has 0 rings (SSSR count). The maximum atomic E-state index is 11.0. The lowest BCUT2D eigenvalue weighted by molar-refractivity contribution is -0.0474. The van der Waals surface area contributed by atoms with E-state index in [1.54, 1.807) is 6.07 Å². The lowest BCUT2D eigenvalue weighted by Gasteiger charge is -2.02. The van der Waals surface area contributed by atoms with Gasteiger partial charge in [-0.1, -0.05) is 4.73 Å². The molecular formula is C3H5FNO4P. The van der Waals surface area contributed by atoms with Gasteiger partial charge in [0.15, 0.2) is 0 Å². The van der Waals surface area contributed by atoms with E-state index in [1.807, 2.05) is 0 Å². The summed E-state index contributed by atoms with van der Waals surface area (Å²) >= 11 is 0. The molecule has 0 radical (unpaired) electrons. The summed E-state index contributed by atoms with van der Waals surface area (Å²) in [5.74, 6) is 0. The number of phosphoric ester groups is 1. The topological polar surface area (TPSA) is 79.5 Å². The van der Waals surface area contributed by atoms with Crippen molar-refractivity contribution in [1.29, 1.82) is 5.26 Å². The summed E-state index contributed by atoms with van der Waals surface area (Å²) < 4.78 is 27.5. The molecule has 1 unspecified atom stereocenters. The first-order valence-electron chi connectivity index (χ1n) is 2.27. The fourth-order valence-corrected chi connectivity index (χ4v) is 0.588. The molecule has 0 aromatic carbocycles. The van der Waals surface area contributed by atoms with Crippen LogP contribution in [-0.2, 0) is 13.8 Å². The molecule has 1 atom stereocenters. The number of hydrogen-bond acceptors (Lipinski definition) is 4. The first-order valence-corrected chi connectivity index (χ1v) is 3.76. The van der Waals surface area contributed by atoms with Crippen LogP contribution in [0.15, 0.2) is 0 Å². The molecular weight excluding hydrogens is 164 g/mol. The van der Waals surface area contributed by atoms with Crippen LogP contribution < -0.4 is 0 Å². The number of halogens is 1. The first kappa shape index (κ1) is 9.53. The van der Waals surface area contributed by atoms with Gasteiger partial charge in [-0.2, -0.15) is 5.26 Å². The molecule has 0 heterocycles. The maximum Gasteiger partial charge on any atom is 0.503 e. The van der Waals surface area contributed by atoms with Gasteiger partial charge in [0.2, 0.25) is 0 Å². The summed E-state index contributed by atoms with van der Waals surface area (Å²) in [6, 6.07) is 1.63. The van der Waals surface area contributed by atoms with Gasteiger partial charge in [0, 0.05) is 0 Å². The zero-order valence-corrected chi connectivity index (χ0v) is 5.75. The van der Waals surface area contributed by atoms with Crippen LogP contribution in [0.25, 0.3) is 0 Å². The van der Waals surface area contributed by atoms with Crippen LogP contribution in [0.5, 0.6) is 0 Å². The molecule has 0 bridgehead atoms. The van der Waals surface area contributed by atoms with Gasteiger partial charge in [-0.3, -0.25) is 4.52 Å². The average Bonchev–Trinajstić information content (AvgIpc) is 1.89. The Labute approximate surface area is 56.5 Å². The normalized spacial score (nSPS) is 15.7. The van der Waals surface area contributed by atoms with Gasteiger partial charge in [-0.25, -0.2) is 4.57 Å². The third kappa shape index (κ3) is 4.41. The van der Waals surface area contributed by atoms with Gasteiger partial charge in [0.25, 0.3) is 0 Å². The highest BCUT2D eigenvalue weighted by atomic mass is 31.2. The Bertz CT molecular complexity index is 178. The second-order valence-electron chi connectivity index (χ2n) is 1.28. The Kier molecular flexibility index (Phi) is 4.16. The van der Waals surface area contributed by atoms with E-state index in [0.717, 1.165) is 0 Å². The van der Waals surface area contributed by atoms with E-state index < -0.39 is 7.82 Å². The smallest absolute Gasteiger partial charge is 0.301 e. The van der Waals surface area contributed by atoms with Crippen molar-refractivity contribution in [3.8, 4) is 6.07 Å². The van der Waals surface area contributed by atoms with E-state index >= 15 is 0 Å². The van der Waals surface area contributed by atoms with Crippen LogP contribution in [0.2, 0.25) is 0 Å². The van der Waals surface area contributed by atoms with Crippen LogP contribution in [0.1, 0.15) is 6.42 Å². The van der Waals surface area contributed by atoms with Gasteiger partial charge in [0.1, 0.15) is 0 Å². The molecule has 0 amide bonds. The van der Waals surface area contributed by atoms with Crippen molar-refractivity contribution in [1.82, 2.24) is 0 Å². The van der Waals surface area contributed by atoms with Gasteiger partial charge in [-0.05, 0) is 4.53 Å². The van der Waals surface area contributed by atoms with Gasteiger partial charge >= 0.3 is 7.82 Å². The molecule has 1 N–H and O–H groups in total.